The number of benzene rings is 1. The number of nitrogens with one attached hydrogen (secondary N) is 1. The highest BCUT2D eigenvalue weighted by Gasteiger charge is 2.30. The molecule has 1 aliphatic rings. The molecule has 1 aliphatic heterocycles. The maximum absolute atomic E-state index is 11.3. The molecule has 5 nitrogen and oxygen atoms in total. The van der Waals surface area contributed by atoms with E-state index in [-0.39, 0.29) is 12.5 Å². The van der Waals surface area contributed by atoms with E-state index in [0.29, 0.717) is 18.7 Å². The standard InChI is InChI=1S/C12H14N2O3/c15-10-8-14(7-6-13-10)11(12(16)17)9-4-2-1-3-5-9/h1-5,11H,6-8H2,(H,13,15)(H,16,17). The molecule has 1 heterocycles. The third-order valence-electron chi connectivity index (χ3n) is 2.78. The molecule has 2 N–H and O–H groups in total. The lowest BCUT2D eigenvalue weighted by atomic mass is 10.0. The molecule has 1 unspecified atom stereocenters. The van der Waals surface area contributed by atoms with Crippen molar-refractivity contribution in [2.24, 2.45) is 0 Å². The molecule has 0 bridgehead atoms. The molecule has 17 heavy (non-hydrogen) atoms. The van der Waals surface area contributed by atoms with Crippen molar-refractivity contribution in [1.82, 2.24) is 10.2 Å². The molecule has 1 aromatic carbocycles. The minimum absolute atomic E-state index is 0.126. The van der Waals surface area contributed by atoms with Crippen molar-refractivity contribution in [2.45, 2.75) is 6.04 Å². The van der Waals surface area contributed by atoms with E-state index in [0.717, 1.165) is 0 Å². The fourth-order valence-electron chi connectivity index (χ4n) is 2.02. The number of rotatable bonds is 3. The second-order valence-electron chi connectivity index (χ2n) is 3.97. The summed E-state index contributed by atoms with van der Waals surface area (Å²) in [5.41, 5.74) is 0.703. The molecule has 1 saturated heterocycles. The van der Waals surface area contributed by atoms with Gasteiger partial charge in [-0.1, -0.05) is 30.3 Å². The highest BCUT2D eigenvalue weighted by molar-refractivity contribution is 5.81. The van der Waals surface area contributed by atoms with Gasteiger partial charge in [-0.05, 0) is 5.56 Å². The summed E-state index contributed by atoms with van der Waals surface area (Å²) in [4.78, 5) is 24.3. The van der Waals surface area contributed by atoms with Crippen LogP contribution in [0.2, 0.25) is 0 Å². The van der Waals surface area contributed by atoms with E-state index in [4.69, 9.17) is 0 Å². The molecule has 0 aromatic heterocycles. The number of piperazine rings is 1. The van der Waals surface area contributed by atoms with Crippen LogP contribution in [0, 0.1) is 0 Å². The van der Waals surface area contributed by atoms with Gasteiger partial charge in [0, 0.05) is 13.1 Å². The smallest absolute Gasteiger partial charge is 0.325 e. The molecule has 0 saturated carbocycles. The number of carbonyl (C=O) groups is 2. The molecule has 1 fully saturated rings. The van der Waals surface area contributed by atoms with E-state index in [9.17, 15) is 14.7 Å². The van der Waals surface area contributed by atoms with E-state index in [1.807, 2.05) is 6.07 Å². The molecular weight excluding hydrogens is 220 g/mol. The van der Waals surface area contributed by atoms with Crippen LogP contribution in [-0.4, -0.2) is 41.5 Å². The molecule has 5 heteroatoms. The summed E-state index contributed by atoms with van der Waals surface area (Å²) in [6.07, 6.45) is 0. The lowest BCUT2D eigenvalue weighted by Gasteiger charge is -2.31. The Morgan fingerprint density at radius 2 is 2.06 bits per heavy atom. The van der Waals surface area contributed by atoms with Gasteiger partial charge < -0.3 is 10.4 Å². The van der Waals surface area contributed by atoms with Gasteiger partial charge in [-0.3, -0.25) is 14.5 Å². The normalized spacial score (nSPS) is 18.5. The third kappa shape index (κ3) is 2.62. The van der Waals surface area contributed by atoms with E-state index >= 15 is 0 Å². The van der Waals surface area contributed by atoms with Crippen molar-refractivity contribution < 1.29 is 14.7 Å². The van der Waals surface area contributed by atoms with Gasteiger partial charge in [0.15, 0.2) is 0 Å². The largest absolute Gasteiger partial charge is 0.480 e. The molecule has 0 aliphatic carbocycles. The van der Waals surface area contributed by atoms with Gasteiger partial charge in [0.2, 0.25) is 5.91 Å². The Kier molecular flexibility index (Phi) is 3.39. The number of hydrogen-bond donors (Lipinski definition) is 2. The van der Waals surface area contributed by atoms with Crippen LogP contribution in [0.5, 0.6) is 0 Å². The maximum atomic E-state index is 11.3. The van der Waals surface area contributed by atoms with Crippen LogP contribution in [0.15, 0.2) is 30.3 Å². The number of carbonyl (C=O) groups excluding carboxylic acids is 1. The van der Waals surface area contributed by atoms with Crippen molar-refractivity contribution in [3.05, 3.63) is 35.9 Å². The van der Waals surface area contributed by atoms with Gasteiger partial charge in [0.05, 0.1) is 6.54 Å². The monoisotopic (exact) mass is 234 g/mol. The summed E-state index contributed by atoms with van der Waals surface area (Å²) in [5, 5.41) is 12.0. The van der Waals surface area contributed by atoms with Crippen molar-refractivity contribution in [2.75, 3.05) is 19.6 Å². The molecule has 1 amide bonds. The first kappa shape index (κ1) is 11.6. The van der Waals surface area contributed by atoms with Gasteiger partial charge >= 0.3 is 5.97 Å². The number of carboxylic acid groups (broad SMARTS) is 1. The minimum Gasteiger partial charge on any atom is -0.480 e. The van der Waals surface area contributed by atoms with Gasteiger partial charge in [0.25, 0.3) is 0 Å². The van der Waals surface area contributed by atoms with Crippen LogP contribution < -0.4 is 5.32 Å². The Morgan fingerprint density at radius 1 is 1.35 bits per heavy atom. The predicted molar refractivity (Wildman–Crippen MR) is 61.4 cm³/mol. The second kappa shape index (κ2) is 4.97. The average Bonchev–Trinajstić information content (AvgIpc) is 2.30. The SMILES string of the molecule is O=C1CN(C(C(=O)O)c2ccccc2)CCN1. The first-order valence-corrected chi connectivity index (χ1v) is 5.47. The quantitative estimate of drug-likeness (QED) is 0.786. The Labute approximate surface area is 99.0 Å². The van der Waals surface area contributed by atoms with Crippen molar-refractivity contribution in [3.63, 3.8) is 0 Å². The number of amides is 1. The van der Waals surface area contributed by atoms with E-state index in [1.165, 1.54) is 0 Å². The van der Waals surface area contributed by atoms with E-state index < -0.39 is 12.0 Å². The predicted octanol–water partition coefficient (Wildman–Crippen LogP) is 0.244. The van der Waals surface area contributed by atoms with Gasteiger partial charge in [-0.2, -0.15) is 0 Å². The van der Waals surface area contributed by atoms with Crippen LogP contribution in [0.25, 0.3) is 0 Å². The molecule has 0 radical (unpaired) electrons. The molecule has 0 spiro atoms. The van der Waals surface area contributed by atoms with Gasteiger partial charge in [-0.25, -0.2) is 0 Å². The lowest BCUT2D eigenvalue weighted by molar-refractivity contribution is -0.145. The van der Waals surface area contributed by atoms with E-state index in [1.54, 1.807) is 29.2 Å². The lowest BCUT2D eigenvalue weighted by Crippen LogP contribution is -2.50. The number of hydrogen-bond acceptors (Lipinski definition) is 3. The van der Waals surface area contributed by atoms with Crippen LogP contribution in [0.4, 0.5) is 0 Å². The average molecular weight is 234 g/mol. The molecular formula is C12H14N2O3. The van der Waals surface area contributed by atoms with E-state index in [2.05, 4.69) is 5.32 Å². The number of aliphatic carboxylic acids is 1. The third-order valence-corrected chi connectivity index (χ3v) is 2.78. The number of nitrogens with zero attached hydrogens (tertiary/aromatic N) is 1. The maximum Gasteiger partial charge on any atom is 0.325 e. The minimum atomic E-state index is -0.925. The Hall–Kier alpha value is -1.88. The fourth-order valence-corrected chi connectivity index (χ4v) is 2.02. The van der Waals surface area contributed by atoms with Crippen LogP contribution in [0.3, 0.4) is 0 Å². The Morgan fingerprint density at radius 3 is 2.65 bits per heavy atom. The first-order chi connectivity index (χ1) is 8.18. The zero-order valence-corrected chi connectivity index (χ0v) is 9.30. The topological polar surface area (TPSA) is 69.6 Å². The van der Waals surface area contributed by atoms with Crippen molar-refractivity contribution >= 4 is 11.9 Å². The zero-order valence-electron chi connectivity index (χ0n) is 9.30. The second-order valence-corrected chi connectivity index (χ2v) is 3.97. The Bertz CT molecular complexity index is 419. The molecule has 2 rings (SSSR count). The van der Waals surface area contributed by atoms with Crippen molar-refractivity contribution in [3.8, 4) is 0 Å². The summed E-state index contributed by atoms with van der Waals surface area (Å²) in [7, 11) is 0. The van der Waals surface area contributed by atoms with Crippen LogP contribution in [-0.2, 0) is 9.59 Å². The van der Waals surface area contributed by atoms with Crippen LogP contribution >= 0.6 is 0 Å². The summed E-state index contributed by atoms with van der Waals surface area (Å²) < 4.78 is 0. The number of carboxylic acids is 1. The summed E-state index contributed by atoms with van der Waals surface area (Å²) in [6, 6.07) is 8.23. The summed E-state index contributed by atoms with van der Waals surface area (Å²) in [6.45, 7) is 1.18. The first-order valence-electron chi connectivity index (χ1n) is 5.47. The fraction of sp³-hybridized carbons (Fsp3) is 0.333. The highest BCUT2D eigenvalue weighted by Crippen LogP contribution is 2.21. The van der Waals surface area contributed by atoms with Gasteiger partial charge in [-0.15, -0.1) is 0 Å². The molecule has 90 valence electrons. The molecule has 1 aromatic rings. The summed E-state index contributed by atoms with van der Waals surface area (Å²) in [5.74, 6) is -1.05. The zero-order chi connectivity index (χ0) is 12.3. The van der Waals surface area contributed by atoms with Crippen LogP contribution in [0.1, 0.15) is 11.6 Å². The summed E-state index contributed by atoms with van der Waals surface area (Å²) >= 11 is 0. The molecule has 1 atom stereocenters. The Balaban J connectivity index is 2.23. The highest BCUT2D eigenvalue weighted by atomic mass is 16.4. The van der Waals surface area contributed by atoms with Gasteiger partial charge in [0.1, 0.15) is 6.04 Å². The van der Waals surface area contributed by atoms with Crippen molar-refractivity contribution in [1.29, 1.82) is 0 Å².